The molecule has 18 heavy (non-hydrogen) atoms. The standard InChI is InChI=1S/C14H26BNO2/c1-11(2)16(8)10-9-12(3)15-17-13(4,5)14(6,7)18-15/h9-11H,3H2,1-2,4-8H3/b10-9-. The van der Waals surface area contributed by atoms with Gasteiger partial charge in [-0.05, 0) is 59.3 Å². The fourth-order valence-electron chi connectivity index (χ4n) is 1.46. The largest absolute Gasteiger partial charge is 0.494 e. The van der Waals surface area contributed by atoms with Crippen LogP contribution in [0.2, 0.25) is 0 Å². The van der Waals surface area contributed by atoms with Gasteiger partial charge in [0, 0.05) is 13.1 Å². The molecular weight excluding hydrogens is 225 g/mol. The highest BCUT2D eigenvalue weighted by Gasteiger charge is 2.51. The monoisotopic (exact) mass is 251 g/mol. The van der Waals surface area contributed by atoms with Crippen molar-refractivity contribution in [2.24, 2.45) is 0 Å². The average molecular weight is 251 g/mol. The maximum atomic E-state index is 5.93. The van der Waals surface area contributed by atoms with Crippen LogP contribution in [0.25, 0.3) is 0 Å². The Morgan fingerprint density at radius 3 is 2.00 bits per heavy atom. The van der Waals surface area contributed by atoms with Crippen LogP contribution < -0.4 is 0 Å². The van der Waals surface area contributed by atoms with Crippen molar-refractivity contribution in [2.75, 3.05) is 7.05 Å². The van der Waals surface area contributed by atoms with Crippen LogP contribution in [0.4, 0.5) is 0 Å². The third-order valence-corrected chi connectivity index (χ3v) is 3.89. The third kappa shape index (κ3) is 3.18. The van der Waals surface area contributed by atoms with Gasteiger partial charge >= 0.3 is 7.12 Å². The van der Waals surface area contributed by atoms with Crippen molar-refractivity contribution in [1.82, 2.24) is 4.90 Å². The van der Waals surface area contributed by atoms with E-state index in [0.717, 1.165) is 5.47 Å². The Labute approximate surface area is 112 Å². The lowest BCUT2D eigenvalue weighted by Gasteiger charge is -2.32. The van der Waals surface area contributed by atoms with Gasteiger partial charge in [0.15, 0.2) is 0 Å². The molecule has 1 heterocycles. The summed E-state index contributed by atoms with van der Waals surface area (Å²) in [6.45, 7) is 16.5. The summed E-state index contributed by atoms with van der Waals surface area (Å²) in [5, 5.41) is 0. The fraction of sp³-hybridized carbons (Fsp3) is 0.714. The van der Waals surface area contributed by atoms with Gasteiger partial charge in [0.05, 0.1) is 11.2 Å². The van der Waals surface area contributed by atoms with Gasteiger partial charge in [0.2, 0.25) is 0 Å². The van der Waals surface area contributed by atoms with Gasteiger partial charge in [-0.3, -0.25) is 0 Å². The van der Waals surface area contributed by atoms with E-state index >= 15 is 0 Å². The van der Waals surface area contributed by atoms with Crippen LogP contribution in [0.15, 0.2) is 24.3 Å². The maximum Gasteiger partial charge on any atom is 0.494 e. The van der Waals surface area contributed by atoms with Gasteiger partial charge in [-0.25, -0.2) is 0 Å². The van der Waals surface area contributed by atoms with Gasteiger partial charge in [-0.2, -0.15) is 0 Å². The minimum Gasteiger partial charge on any atom is -0.399 e. The molecule has 1 saturated heterocycles. The molecule has 0 amide bonds. The van der Waals surface area contributed by atoms with Crippen molar-refractivity contribution in [2.45, 2.75) is 58.8 Å². The Balaban J connectivity index is 2.66. The van der Waals surface area contributed by atoms with E-state index in [0.29, 0.717) is 6.04 Å². The van der Waals surface area contributed by atoms with Gasteiger partial charge < -0.3 is 14.2 Å². The van der Waals surface area contributed by atoms with E-state index < -0.39 is 0 Å². The van der Waals surface area contributed by atoms with E-state index in [1.54, 1.807) is 0 Å². The van der Waals surface area contributed by atoms with Crippen molar-refractivity contribution in [3.63, 3.8) is 0 Å². The van der Waals surface area contributed by atoms with Crippen molar-refractivity contribution < 1.29 is 9.31 Å². The zero-order valence-corrected chi connectivity index (χ0v) is 12.8. The highest BCUT2D eigenvalue weighted by atomic mass is 16.7. The summed E-state index contributed by atoms with van der Waals surface area (Å²) < 4.78 is 11.9. The van der Waals surface area contributed by atoms with E-state index in [-0.39, 0.29) is 18.3 Å². The molecule has 1 fully saturated rings. The van der Waals surface area contributed by atoms with Crippen molar-refractivity contribution >= 4 is 7.12 Å². The van der Waals surface area contributed by atoms with E-state index in [1.807, 2.05) is 47.0 Å². The predicted octanol–water partition coefficient (Wildman–Crippen LogP) is 3.03. The molecule has 0 N–H and O–H groups in total. The minimum absolute atomic E-state index is 0.307. The minimum atomic E-state index is -0.355. The van der Waals surface area contributed by atoms with Gasteiger partial charge in [-0.15, -0.1) is 0 Å². The lowest BCUT2D eigenvalue weighted by Crippen LogP contribution is -2.41. The van der Waals surface area contributed by atoms with Crippen molar-refractivity contribution in [3.8, 4) is 0 Å². The van der Waals surface area contributed by atoms with Crippen LogP contribution in [-0.4, -0.2) is 36.3 Å². The van der Waals surface area contributed by atoms with Crippen molar-refractivity contribution in [1.29, 1.82) is 0 Å². The maximum absolute atomic E-state index is 5.93. The molecule has 0 spiro atoms. The first-order valence-electron chi connectivity index (χ1n) is 6.51. The van der Waals surface area contributed by atoms with Crippen LogP contribution in [0.3, 0.4) is 0 Å². The molecule has 1 rings (SSSR count). The summed E-state index contributed by atoms with van der Waals surface area (Å²) in [6, 6.07) is 0.465. The van der Waals surface area contributed by atoms with Crippen LogP contribution in [0.1, 0.15) is 41.5 Å². The number of rotatable bonds is 4. The Hall–Kier alpha value is -0.735. The molecule has 0 aromatic heterocycles. The predicted molar refractivity (Wildman–Crippen MR) is 77.3 cm³/mol. The first kappa shape index (κ1) is 15.3. The molecule has 102 valence electrons. The van der Waals surface area contributed by atoms with Gasteiger partial charge in [0.1, 0.15) is 0 Å². The topological polar surface area (TPSA) is 21.7 Å². The van der Waals surface area contributed by atoms with Crippen LogP contribution >= 0.6 is 0 Å². The SMILES string of the molecule is C=C(/C=C\N(C)C(C)C)B1OC(C)(C)C(C)(C)O1. The summed E-state index contributed by atoms with van der Waals surface area (Å²) in [5.74, 6) is 0. The number of allylic oxidation sites excluding steroid dienone is 2. The highest BCUT2D eigenvalue weighted by molar-refractivity contribution is 6.55. The molecule has 0 unspecified atom stereocenters. The number of nitrogens with zero attached hydrogens (tertiary/aromatic N) is 1. The van der Waals surface area contributed by atoms with Crippen LogP contribution in [-0.2, 0) is 9.31 Å². The fourth-order valence-corrected chi connectivity index (χ4v) is 1.46. The zero-order chi connectivity index (χ0) is 14.1. The second kappa shape index (κ2) is 5.10. The molecule has 0 radical (unpaired) electrons. The highest BCUT2D eigenvalue weighted by Crippen LogP contribution is 2.38. The molecule has 0 aromatic carbocycles. The third-order valence-electron chi connectivity index (χ3n) is 3.89. The molecule has 0 aromatic rings. The Kier molecular flexibility index (Phi) is 4.34. The Morgan fingerprint density at radius 1 is 1.17 bits per heavy atom. The molecule has 0 saturated carbocycles. The lowest BCUT2D eigenvalue weighted by atomic mass is 9.79. The van der Waals surface area contributed by atoms with Gasteiger partial charge in [0.25, 0.3) is 0 Å². The number of hydrogen-bond donors (Lipinski definition) is 0. The number of hydrogen-bond acceptors (Lipinski definition) is 3. The molecule has 0 aliphatic carbocycles. The van der Waals surface area contributed by atoms with Crippen LogP contribution in [0, 0.1) is 0 Å². The van der Waals surface area contributed by atoms with Crippen molar-refractivity contribution in [3.05, 3.63) is 24.3 Å². The molecule has 0 atom stereocenters. The summed E-state index contributed by atoms with van der Waals surface area (Å²) >= 11 is 0. The second-order valence-corrected chi connectivity index (χ2v) is 6.24. The average Bonchev–Trinajstić information content (AvgIpc) is 2.44. The summed E-state index contributed by atoms with van der Waals surface area (Å²) in [4.78, 5) is 2.12. The summed E-state index contributed by atoms with van der Waals surface area (Å²) in [5.41, 5.74) is 0.234. The lowest BCUT2D eigenvalue weighted by molar-refractivity contribution is 0.00578. The molecule has 3 nitrogen and oxygen atoms in total. The van der Waals surface area contributed by atoms with E-state index in [4.69, 9.17) is 9.31 Å². The first-order valence-corrected chi connectivity index (χ1v) is 6.51. The normalized spacial score (nSPS) is 21.9. The van der Waals surface area contributed by atoms with E-state index in [9.17, 15) is 0 Å². The van der Waals surface area contributed by atoms with E-state index in [2.05, 4.69) is 25.3 Å². The molecular formula is C14H26BNO2. The van der Waals surface area contributed by atoms with Crippen LogP contribution in [0.5, 0.6) is 0 Å². The smallest absolute Gasteiger partial charge is 0.399 e. The molecule has 1 aliphatic heterocycles. The quantitative estimate of drug-likeness (QED) is 0.566. The van der Waals surface area contributed by atoms with E-state index in [1.165, 1.54) is 0 Å². The molecule has 0 bridgehead atoms. The first-order chi connectivity index (χ1) is 8.07. The zero-order valence-electron chi connectivity index (χ0n) is 12.8. The summed E-state index contributed by atoms with van der Waals surface area (Å²) in [6.07, 6.45) is 3.97. The Bertz CT molecular complexity index is 332. The Morgan fingerprint density at radius 2 is 1.61 bits per heavy atom. The summed E-state index contributed by atoms with van der Waals surface area (Å²) in [7, 11) is 1.69. The second-order valence-electron chi connectivity index (χ2n) is 6.24. The molecule has 1 aliphatic rings. The molecule has 4 heteroatoms. The van der Waals surface area contributed by atoms with Gasteiger partial charge in [-0.1, -0.05) is 6.58 Å².